The molecule has 0 bridgehead atoms. The number of hydrogen-bond acceptors (Lipinski definition) is 2. The molecule has 0 aromatic heterocycles. The molecule has 0 saturated carbocycles. The van der Waals surface area contributed by atoms with Crippen molar-refractivity contribution in [3.05, 3.63) is 33.8 Å². The molecule has 1 atom stereocenters. The average Bonchev–Trinajstić information content (AvgIpc) is 2.18. The van der Waals surface area contributed by atoms with Gasteiger partial charge in [0, 0.05) is 16.1 Å². The van der Waals surface area contributed by atoms with E-state index in [4.69, 9.17) is 34.0 Å². The maximum Gasteiger partial charge on any atom is 0.303 e. The molecule has 5 heteroatoms. The highest BCUT2D eigenvalue weighted by atomic mass is 35.5. The van der Waals surface area contributed by atoms with Crippen LogP contribution in [0.1, 0.15) is 38.3 Å². The zero-order valence-electron chi connectivity index (χ0n) is 10.4. The number of aliphatic carboxylic acids is 1. The van der Waals surface area contributed by atoms with Crippen molar-refractivity contribution < 1.29 is 9.90 Å². The molecule has 0 aliphatic heterocycles. The van der Waals surface area contributed by atoms with Crippen molar-refractivity contribution in [1.82, 2.24) is 0 Å². The first-order valence-electron chi connectivity index (χ1n) is 5.63. The Balaban J connectivity index is 2.84. The van der Waals surface area contributed by atoms with Crippen LogP contribution in [0.4, 0.5) is 0 Å². The van der Waals surface area contributed by atoms with E-state index in [2.05, 4.69) is 0 Å². The van der Waals surface area contributed by atoms with E-state index in [1.54, 1.807) is 18.2 Å². The molecule has 0 aliphatic carbocycles. The highest BCUT2D eigenvalue weighted by molar-refractivity contribution is 6.33. The van der Waals surface area contributed by atoms with Crippen LogP contribution in [0.25, 0.3) is 0 Å². The topological polar surface area (TPSA) is 63.3 Å². The maximum atomic E-state index is 10.8. The summed E-state index contributed by atoms with van der Waals surface area (Å²) in [6, 6.07) is 4.79. The van der Waals surface area contributed by atoms with E-state index in [1.807, 2.05) is 13.8 Å². The van der Waals surface area contributed by atoms with E-state index in [0.29, 0.717) is 16.5 Å². The first-order valence-corrected chi connectivity index (χ1v) is 6.39. The van der Waals surface area contributed by atoms with Gasteiger partial charge in [-0.1, -0.05) is 37.0 Å². The highest BCUT2D eigenvalue weighted by Crippen LogP contribution is 2.35. The molecule has 3 nitrogen and oxygen atoms in total. The van der Waals surface area contributed by atoms with Crippen LogP contribution in [-0.2, 0) is 4.79 Å². The lowest BCUT2D eigenvalue weighted by atomic mass is 9.81. The third kappa shape index (κ3) is 4.48. The Morgan fingerprint density at radius 2 is 2.06 bits per heavy atom. The Morgan fingerprint density at radius 1 is 1.44 bits per heavy atom. The standard InChI is InChI=1S/C13H17Cl2NO2/c1-13(2,7-12(17)18)6-11(16)9-5-8(14)3-4-10(9)15/h3-5,11H,6-7,16H2,1-2H3,(H,17,18). The summed E-state index contributed by atoms with van der Waals surface area (Å²) in [7, 11) is 0. The highest BCUT2D eigenvalue weighted by Gasteiger charge is 2.26. The summed E-state index contributed by atoms with van der Waals surface area (Å²) in [6.45, 7) is 3.75. The van der Waals surface area contributed by atoms with E-state index < -0.39 is 11.4 Å². The SMILES string of the molecule is CC(C)(CC(=O)O)CC(N)c1cc(Cl)ccc1Cl. The van der Waals surface area contributed by atoms with E-state index in [-0.39, 0.29) is 12.5 Å². The number of nitrogens with two attached hydrogens (primary N) is 1. The second-order valence-electron chi connectivity index (χ2n) is 5.21. The Bertz CT molecular complexity index is 447. The van der Waals surface area contributed by atoms with Gasteiger partial charge in [0.05, 0.1) is 6.42 Å². The molecule has 0 aliphatic rings. The van der Waals surface area contributed by atoms with Crippen molar-refractivity contribution in [3.63, 3.8) is 0 Å². The fourth-order valence-corrected chi connectivity index (χ4v) is 2.42. The lowest BCUT2D eigenvalue weighted by Gasteiger charge is -2.27. The molecule has 0 radical (unpaired) electrons. The lowest BCUT2D eigenvalue weighted by Crippen LogP contribution is -2.24. The number of benzene rings is 1. The van der Waals surface area contributed by atoms with Gasteiger partial charge in [0.15, 0.2) is 0 Å². The van der Waals surface area contributed by atoms with Crippen LogP contribution in [0.5, 0.6) is 0 Å². The van der Waals surface area contributed by atoms with Gasteiger partial charge in [0.1, 0.15) is 0 Å². The van der Waals surface area contributed by atoms with E-state index in [0.717, 1.165) is 5.56 Å². The van der Waals surface area contributed by atoms with Gasteiger partial charge in [0.25, 0.3) is 0 Å². The van der Waals surface area contributed by atoms with Crippen LogP contribution in [0.15, 0.2) is 18.2 Å². The molecule has 0 spiro atoms. The van der Waals surface area contributed by atoms with Crippen molar-refractivity contribution in [2.24, 2.45) is 11.1 Å². The van der Waals surface area contributed by atoms with Gasteiger partial charge in [-0.25, -0.2) is 0 Å². The quantitative estimate of drug-likeness (QED) is 0.864. The summed E-state index contributed by atoms with van der Waals surface area (Å²) in [5, 5.41) is 9.97. The minimum atomic E-state index is -0.829. The van der Waals surface area contributed by atoms with Gasteiger partial charge in [-0.15, -0.1) is 0 Å². The van der Waals surface area contributed by atoms with Crippen LogP contribution in [0.2, 0.25) is 10.0 Å². The van der Waals surface area contributed by atoms with Crippen LogP contribution < -0.4 is 5.73 Å². The number of hydrogen-bond donors (Lipinski definition) is 2. The van der Waals surface area contributed by atoms with Crippen molar-refractivity contribution >= 4 is 29.2 Å². The first kappa shape index (κ1) is 15.3. The summed E-state index contributed by atoms with van der Waals surface area (Å²) in [4.78, 5) is 10.8. The van der Waals surface area contributed by atoms with Crippen molar-refractivity contribution in [2.45, 2.75) is 32.7 Å². The minimum absolute atomic E-state index is 0.0683. The van der Waals surface area contributed by atoms with Gasteiger partial charge in [-0.05, 0) is 35.6 Å². The normalized spacial score (nSPS) is 13.4. The predicted octanol–water partition coefficient (Wildman–Crippen LogP) is 3.88. The molecule has 1 rings (SSSR count). The molecular formula is C13H17Cl2NO2. The Morgan fingerprint density at radius 3 is 2.61 bits per heavy atom. The van der Waals surface area contributed by atoms with Crippen LogP contribution in [-0.4, -0.2) is 11.1 Å². The molecule has 100 valence electrons. The van der Waals surface area contributed by atoms with Crippen LogP contribution in [0, 0.1) is 5.41 Å². The van der Waals surface area contributed by atoms with Crippen molar-refractivity contribution in [3.8, 4) is 0 Å². The molecule has 1 unspecified atom stereocenters. The fraction of sp³-hybridized carbons (Fsp3) is 0.462. The van der Waals surface area contributed by atoms with Crippen LogP contribution >= 0.6 is 23.2 Å². The van der Waals surface area contributed by atoms with Gasteiger partial charge in [0.2, 0.25) is 0 Å². The van der Waals surface area contributed by atoms with Crippen LogP contribution in [0.3, 0.4) is 0 Å². The van der Waals surface area contributed by atoms with E-state index in [1.165, 1.54) is 0 Å². The molecular weight excluding hydrogens is 273 g/mol. The summed E-state index contributed by atoms with van der Waals surface area (Å²) in [5.74, 6) is -0.829. The Hall–Kier alpha value is -0.770. The summed E-state index contributed by atoms with van der Waals surface area (Å²) >= 11 is 12.0. The second kappa shape index (κ2) is 5.91. The lowest BCUT2D eigenvalue weighted by molar-refractivity contribution is -0.139. The summed E-state index contributed by atoms with van der Waals surface area (Å²) in [5.41, 5.74) is 6.45. The molecule has 0 fully saturated rings. The van der Waals surface area contributed by atoms with E-state index in [9.17, 15) is 4.79 Å². The molecule has 3 N–H and O–H groups in total. The van der Waals surface area contributed by atoms with Gasteiger partial charge < -0.3 is 10.8 Å². The Labute approximate surface area is 117 Å². The number of rotatable bonds is 5. The molecule has 1 aromatic carbocycles. The number of halogens is 2. The molecule has 0 saturated heterocycles. The largest absolute Gasteiger partial charge is 0.481 e. The zero-order valence-corrected chi connectivity index (χ0v) is 11.9. The van der Waals surface area contributed by atoms with Crippen molar-refractivity contribution in [1.29, 1.82) is 0 Å². The third-order valence-electron chi connectivity index (χ3n) is 2.76. The summed E-state index contributed by atoms with van der Waals surface area (Å²) in [6.07, 6.45) is 0.595. The average molecular weight is 290 g/mol. The molecule has 18 heavy (non-hydrogen) atoms. The number of carboxylic acid groups (broad SMARTS) is 1. The van der Waals surface area contributed by atoms with Gasteiger partial charge in [-0.3, -0.25) is 4.79 Å². The number of carbonyl (C=O) groups is 1. The monoisotopic (exact) mass is 289 g/mol. The third-order valence-corrected chi connectivity index (χ3v) is 3.34. The molecule has 0 heterocycles. The maximum absolute atomic E-state index is 10.8. The first-order chi connectivity index (χ1) is 8.21. The second-order valence-corrected chi connectivity index (χ2v) is 6.05. The minimum Gasteiger partial charge on any atom is -0.481 e. The number of carboxylic acids is 1. The Kier molecular flexibility index (Phi) is 5.02. The molecule has 0 amide bonds. The summed E-state index contributed by atoms with van der Waals surface area (Å²) < 4.78 is 0. The smallest absolute Gasteiger partial charge is 0.303 e. The fourth-order valence-electron chi connectivity index (χ4n) is 1.99. The van der Waals surface area contributed by atoms with Gasteiger partial charge >= 0.3 is 5.97 Å². The van der Waals surface area contributed by atoms with Gasteiger partial charge in [-0.2, -0.15) is 0 Å². The zero-order chi connectivity index (χ0) is 13.9. The predicted molar refractivity (Wildman–Crippen MR) is 74.0 cm³/mol. The van der Waals surface area contributed by atoms with Crippen molar-refractivity contribution in [2.75, 3.05) is 0 Å². The molecule has 1 aromatic rings. The van der Waals surface area contributed by atoms with E-state index >= 15 is 0 Å².